The molecule has 0 saturated carbocycles. The highest BCUT2D eigenvalue weighted by atomic mass is 32.2. The fraction of sp³-hybridized carbons (Fsp3) is 0.300. The SMILES string of the molecule is C#CCCCNS(=O)(=O)c1c[nH]ccc1=O. The van der Waals surface area contributed by atoms with E-state index in [9.17, 15) is 13.2 Å². The van der Waals surface area contributed by atoms with Crippen molar-refractivity contribution in [2.24, 2.45) is 0 Å². The van der Waals surface area contributed by atoms with Gasteiger partial charge in [0.1, 0.15) is 4.90 Å². The molecule has 0 atom stereocenters. The zero-order valence-electron chi connectivity index (χ0n) is 8.56. The maximum Gasteiger partial charge on any atom is 0.245 e. The second-order valence-electron chi connectivity index (χ2n) is 3.08. The van der Waals surface area contributed by atoms with Crippen LogP contribution in [0.4, 0.5) is 0 Å². The Morgan fingerprint density at radius 3 is 2.88 bits per heavy atom. The summed E-state index contributed by atoms with van der Waals surface area (Å²) >= 11 is 0. The van der Waals surface area contributed by atoms with Crippen molar-refractivity contribution in [1.82, 2.24) is 9.71 Å². The molecule has 0 fully saturated rings. The van der Waals surface area contributed by atoms with E-state index in [2.05, 4.69) is 15.6 Å². The Kier molecular flexibility index (Phi) is 4.28. The van der Waals surface area contributed by atoms with Gasteiger partial charge in [-0.2, -0.15) is 0 Å². The van der Waals surface area contributed by atoms with Crippen LogP contribution in [0.3, 0.4) is 0 Å². The fourth-order valence-corrected chi connectivity index (χ4v) is 2.21. The standard InChI is InChI=1S/C10H12N2O3S/c1-2-3-4-6-12-16(14,15)10-8-11-7-5-9(10)13/h1,5,7-8,12H,3-4,6H2,(H,11,13). The van der Waals surface area contributed by atoms with Gasteiger partial charge in [0, 0.05) is 31.4 Å². The van der Waals surface area contributed by atoms with E-state index < -0.39 is 15.5 Å². The number of H-pyrrole nitrogens is 1. The van der Waals surface area contributed by atoms with Crippen LogP contribution in [0.25, 0.3) is 0 Å². The van der Waals surface area contributed by atoms with Crippen molar-refractivity contribution in [3.63, 3.8) is 0 Å². The van der Waals surface area contributed by atoms with Crippen LogP contribution in [0.2, 0.25) is 0 Å². The Hall–Kier alpha value is -1.58. The molecule has 0 spiro atoms. The molecule has 0 unspecified atom stereocenters. The number of aromatic nitrogens is 1. The first-order valence-electron chi connectivity index (χ1n) is 4.68. The van der Waals surface area contributed by atoms with Crippen molar-refractivity contribution in [3.8, 4) is 12.3 Å². The third-order valence-corrected chi connectivity index (χ3v) is 3.35. The van der Waals surface area contributed by atoms with Gasteiger partial charge in [0.25, 0.3) is 0 Å². The van der Waals surface area contributed by atoms with Crippen LogP contribution in [0.15, 0.2) is 28.2 Å². The molecular weight excluding hydrogens is 228 g/mol. The molecule has 1 aromatic heterocycles. The molecule has 86 valence electrons. The third kappa shape index (κ3) is 3.22. The lowest BCUT2D eigenvalue weighted by molar-refractivity contribution is 0.578. The number of unbranched alkanes of at least 4 members (excludes halogenated alkanes) is 1. The van der Waals surface area contributed by atoms with E-state index in [1.54, 1.807) is 0 Å². The highest BCUT2D eigenvalue weighted by Crippen LogP contribution is 1.99. The minimum Gasteiger partial charge on any atom is -0.366 e. The number of pyridine rings is 1. The van der Waals surface area contributed by atoms with Crippen molar-refractivity contribution in [2.75, 3.05) is 6.54 Å². The number of hydrogen-bond acceptors (Lipinski definition) is 3. The Balaban J connectivity index is 2.76. The van der Waals surface area contributed by atoms with Crippen molar-refractivity contribution in [3.05, 3.63) is 28.7 Å². The van der Waals surface area contributed by atoms with Gasteiger partial charge in [-0.3, -0.25) is 4.79 Å². The van der Waals surface area contributed by atoms with Gasteiger partial charge >= 0.3 is 0 Å². The lowest BCUT2D eigenvalue weighted by Gasteiger charge is -2.04. The molecule has 0 bridgehead atoms. The monoisotopic (exact) mass is 240 g/mol. The number of rotatable bonds is 5. The van der Waals surface area contributed by atoms with Gasteiger partial charge in [-0.1, -0.05) is 0 Å². The van der Waals surface area contributed by atoms with Gasteiger partial charge in [0.05, 0.1) is 0 Å². The topological polar surface area (TPSA) is 79.0 Å². The summed E-state index contributed by atoms with van der Waals surface area (Å²) in [4.78, 5) is 13.6. The quantitative estimate of drug-likeness (QED) is 0.564. The summed E-state index contributed by atoms with van der Waals surface area (Å²) in [6.07, 6.45) is 8.60. The maximum atomic E-state index is 11.6. The van der Waals surface area contributed by atoms with Gasteiger partial charge in [0.15, 0.2) is 0 Å². The van der Waals surface area contributed by atoms with Crippen LogP contribution in [-0.4, -0.2) is 19.9 Å². The molecule has 16 heavy (non-hydrogen) atoms. The van der Waals surface area contributed by atoms with Crippen LogP contribution in [0.1, 0.15) is 12.8 Å². The molecule has 0 aromatic carbocycles. The predicted octanol–water partition coefficient (Wildman–Crippen LogP) is 0.0666. The van der Waals surface area contributed by atoms with Crippen molar-refractivity contribution < 1.29 is 8.42 Å². The minimum absolute atomic E-state index is 0.223. The first-order valence-corrected chi connectivity index (χ1v) is 6.16. The average Bonchev–Trinajstić information content (AvgIpc) is 2.25. The van der Waals surface area contributed by atoms with Gasteiger partial charge in [-0.15, -0.1) is 12.3 Å². The summed E-state index contributed by atoms with van der Waals surface area (Å²) in [6.45, 7) is 0.223. The van der Waals surface area contributed by atoms with Crippen LogP contribution >= 0.6 is 0 Å². The summed E-state index contributed by atoms with van der Waals surface area (Å²) in [5, 5.41) is 0. The molecule has 0 amide bonds. The molecule has 0 saturated heterocycles. The third-order valence-electron chi connectivity index (χ3n) is 1.87. The zero-order valence-corrected chi connectivity index (χ0v) is 9.38. The average molecular weight is 240 g/mol. The number of hydrogen-bond donors (Lipinski definition) is 2. The van der Waals surface area contributed by atoms with E-state index in [1.807, 2.05) is 0 Å². The van der Waals surface area contributed by atoms with E-state index >= 15 is 0 Å². The summed E-state index contributed by atoms with van der Waals surface area (Å²) < 4.78 is 25.6. The second kappa shape index (κ2) is 5.49. The van der Waals surface area contributed by atoms with Crippen molar-refractivity contribution in [1.29, 1.82) is 0 Å². The number of aromatic amines is 1. The van der Waals surface area contributed by atoms with E-state index in [4.69, 9.17) is 6.42 Å². The summed E-state index contributed by atoms with van der Waals surface area (Å²) in [6, 6.07) is 1.16. The molecular formula is C10H12N2O3S. The molecule has 5 nitrogen and oxygen atoms in total. The Labute approximate surface area is 93.9 Å². The smallest absolute Gasteiger partial charge is 0.245 e. The number of sulfonamides is 1. The zero-order chi connectivity index (χ0) is 12.0. The van der Waals surface area contributed by atoms with Gasteiger partial charge in [0.2, 0.25) is 15.5 Å². The largest absolute Gasteiger partial charge is 0.366 e. The summed E-state index contributed by atoms with van der Waals surface area (Å²) in [5.74, 6) is 2.40. The number of terminal acetylenes is 1. The van der Waals surface area contributed by atoms with Gasteiger partial charge in [-0.05, 0) is 6.42 Å². The molecule has 1 aromatic rings. The highest BCUT2D eigenvalue weighted by Gasteiger charge is 2.16. The Morgan fingerprint density at radius 2 is 2.25 bits per heavy atom. The first kappa shape index (κ1) is 12.5. The lowest BCUT2D eigenvalue weighted by Crippen LogP contribution is -2.29. The summed E-state index contributed by atoms with van der Waals surface area (Å²) in [5.41, 5.74) is -0.539. The lowest BCUT2D eigenvalue weighted by atomic mass is 10.3. The Bertz CT molecular complexity index is 540. The molecule has 6 heteroatoms. The minimum atomic E-state index is -3.73. The molecule has 0 aliphatic carbocycles. The molecule has 0 radical (unpaired) electrons. The Morgan fingerprint density at radius 1 is 1.50 bits per heavy atom. The van der Waals surface area contributed by atoms with Crippen molar-refractivity contribution in [2.45, 2.75) is 17.7 Å². The number of nitrogens with one attached hydrogen (secondary N) is 2. The van der Waals surface area contributed by atoms with Crippen LogP contribution in [0.5, 0.6) is 0 Å². The van der Waals surface area contributed by atoms with E-state index in [0.717, 1.165) is 12.3 Å². The van der Waals surface area contributed by atoms with E-state index in [-0.39, 0.29) is 11.4 Å². The van der Waals surface area contributed by atoms with E-state index in [1.165, 1.54) is 6.20 Å². The molecule has 0 aliphatic heterocycles. The molecule has 1 heterocycles. The molecule has 1 rings (SSSR count). The second-order valence-corrected chi connectivity index (χ2v) is 4.81. The normalized spacial score (nSPS) is 10.9. The van der Waals surface area contributed by atoms with Gasteiger partial charge in [-0.25, -0.2) is 13.1 Å². The van der Waals surface area contributed by atoms with Gasteiger partial charge < -0.3 is 4.98 Å². The highest BCUT2D eigenvalue weighted by molar-refractivity contribution is 7.89. The molecule has 2 N–H and O–H groups in total. The maximum absolute atomic E-state index is 11.6. The van der Waals surface area contributed by atoms with Crippen LogP contribution in [-0.2, 0) is 10.0 Å². The van der Waals surface area contributed by atoms with E-state index in [0.29, 0.717) is 12.8 Å². The van der Waals surface area contributed by atoms with Crippen LogP contribution in [0, 0.1) is 12.3 Å². The molecule has 0 aliphatic rings. The summed E-state index contributed by atoms with van der Waals surface area (Å²) in [7, 11) is -3.73. The van der Waals surface area contributed by atoms with Crippen LogP contribution < -0.4 is 10.2 Å². The van der Waals surface area contributed by atoms with Crippen molar-refractivity contribution >= 4 is 10.0 Å². The first-order chi connectivity index (χ1) is 7.58. The fourth-order valence-electron chi connectivity index (χ4n) is 1.09. The predicted molar refractivity (Wildman–Crippen MR) is 60.3 cm³/mol.